The van der Waals surface area contributed by atoms with E-state index in [1.807, 2.05) is 6.92 Å². The molecule has 0 rings (SSSR count). The van der Waals surface area contributed by atoms with Crippen LogP contribution >= 0.6 is 15.6 Å². The Labute approximate surface area is 94.1 Å². The van der Waals surface area contributed by atoms with Gasteiger partial charge in [0.2, 0.25) is 0 Å². The van der Waals surface area contributed by atoms with E-state index in [4.69, 9.17) is 19.6 Å². The van der Waals surface area contributed by atoms with Gasteiger partial charge in [0, 0.05) is 0 Å². The van der Waals surface area contributed by atoms with Crippen LogP contribution in [0.4, 0.5) is 0 Å². The number of hydrogen-bond acceptors (Lipinski definition) is 4. The van der Waals surface area contributed by atoms with Crippen LogP contribution in [0, 0.1) is 0 Å². The summed E-state index contributed by atoms with van der Waals surface area (Å²) >= 11 is 0. The van der Waals surface area contributed by atoms with Crippen LogP contribution in [-0.2, 0) is 18.2 Å². The topological polar surface area (TPSA) is 134 Å². The van der Waals surface area contributed by atoms with Crippen molar-refractivity contribution in [1.82, 2.24) is 0 Å². The summed E-state index contributed by atoms with van der Waals surface area (Å²) in [5, 5.41) is 0. The molecule has 0 aromatic rings. The first kappa shape index (κ1) is 18.6. The molecule has 8 nitrogen and oxygen atoms in total. The average molecular weight is 280 g/mol. The lowest BCUT2D eigenvalue weighted by Crippen LogP contribution is -1.90. The smallest absolute Gasteiger partial charge is 0.303 e. The van der Waals surface area contributed by atoms with Crippen LogP contribution in [0.1, 0.15) is 26.7 Å². The van der Waals surface area contributed by atoms with Gasteiger partial charge >= 0.3 is 15.6 Å². The number of hydrogen-bond donors (Lipinski definition) is 4. The monoisotopic (exact) mass is 280 g/mol. The largest absolute Gasteiger partial charge is 0.469 e. The van der Waals surface area contributed by atoms with Gasteiger partial charge in [-0.15, -0.1) is 0 Å². The van der Waals surface area contributed by atoms with Gasteiger partial charge < -0.3 is 19.6 Å². The molecule has 0 atom stereocenters. The molecule has 4 N–H and O–H groups in total. The quantitative estimate of drug-likeness (QED) is 0.418. The fourth-order valence-corrected chi connectivity index (χ4v) is 1.20. The normalized spacial score (nSPS) is 11.9. The first-order valence-electron chi connectivity index (χ1n) is 4.52. The zero-order chi connectivity index (χ0) is 13.2. The minimum absolute atomic E-state index is 0.0459. The highest BCUT2D eigenvalue weighted by molar-refractivity contribution is 7.46. The number of unbranched alkanes of at least 4 members (excludes halogenated alkanes) is 1. The second kappa shape index (κ2) is 9.27. The fourth-order valence-electron chi connectivity index (χ4n) is 0.496. The summed E-state index contributed by atoms with van der Waals surface area (Å²) < 4.78 is 27.7. The molecule has 0 amide bonds. The maximum absolute atomic E-state index is 9.98. The van der Waals surface area contributed by atoms with Crippen LogP contribution < -0.4 is 0 Å². The SMILES string of the molecule is CCCCOP(=O)(O)O.CCOP(=O)(O)O. The highest BCUT2D eigenvalue weighted by atomic mass is 31.2. The van der Waals surface area contributed by atoms with Crippen molar-refractivity contribution in [3.63, 3.8) is 0 Å². The number of phosphoric acid groups is 2. The maximum Gasteiger partial charge on any atom is 0.469 e. The Kier molecular flexibility index (Phi) is 10.8. The molecule has 10 heteroatoms. The van der Waals surface area contributed by atoms with Crippen molar-refractivity contribution in [2.24, 2.45) is 0 Å². The van der Waals surface area contributed by atoms with Gasteiger partial charge in [0.15, 0.2) is 0 Å². The summed E-state index contributed by atoms with van der Waals surface area (Å²) in [7, 11) is -8.36. The summed E-state index contributed by atoms with van der Waals surface area (Å²) in [6.07, 6.45) is 1.56. The van der Waals surface area contributed by atoms with Gasteiger partial charge in [-0.05, 0) is 13.3 Å². The molecule has 0 aliphatic heterocycles. The first-order chi connectivity index (χ1) is 7.12. The van der Waals surface area contributed by atoms with Crippen LogP contribution in [0.3, 0.4) is 0 Å². The molecule has 16 heavy (non-hydrogen) atoms. The Bertz CT molecular complexity index is 243. The number of phosphoric ester groups is 2. The molecule has 0 saturated heterocycles. The van der Waals surface area contributed by atoms with Crippen LogP contribution in [0.15, 0.2) is 0 Å². The lowest BCUT2D eigenvalue weighted by atomic mass is 10.4. The zero-order valence-electron chi connectivity index (χ0n) is 9.14. The van der Waals surface area contributed by atoms with Gasteiger partial charge in [0.25, 0.3) is 0 Å². The van der Waals surface area contributed by atoms with E-state index in [0.717, 1.165) is 6.42 Å². The third kappa shape index (κ3) is 23.8. The van der Waals surface area contributed by atoms with E-state index in [0.29, 0.717) is 6.42 Å². The third-order valence-corrected chi connectivity index (χ3v) is 2.17. The maximum atomic E-state index is 9.98. The minimum Gasteiger partial charge on any atom is -0.303 e. The van der Waals surface area contributed by atoms with E-state index in [1.165, 1.54) is 6.92 Å². The summed E-state index contributed by atoms with van der Waals surface area (Å²) in [4.78, 5) is 32.1. The van der Waals surface area contributed by atoms with Gasteiger partial charge in [0.05, 0.1) is 13.2 Å². The number of rotatable bonds is 6. The Morgan fingerprint density at radius 2 is 1.38 bits per heavy atom. The van der Waals surface area contributed by atoms with Gasteiger partial charge in [-0.25, -0.2) is 9.13 Å². The summed E-state index contributed by atoms with van der Waals surface area (Å²) in [5.41, 5.74) is 0. The lowest BCUT2D eigenvalue weighted by Gasteiger charge is -2.02. The molecule has 0 aromatic heterocycles. The molecule has 0 spiro atoms. The molecular formula is C6H18O8P2. The molecule has 100 valence electrons. The second-order valence-corrected chi connectivity index (χ2v) is 5.06. The van der Waals surface area contributed by atoms with Crippen molar-refractivity contribution >= 4 is 15.6 Å². The van der Waals surface area contributed by atoms with Crippen molar-refractivity contribution in [3.8, 4) is 0 Å². The average Bonchev–Trinajstić information content (AvgIpc) is 2.01. The summed E-state index contributed by atoms with van der Waals surface area (Å²) in [6, 6.07) is 0. The van der Waals surface area contributed by atoms with Crippen molar-refractivity contribution in [3.05, 3.63) is 0 Å². The van der Waals surface area contributed by atoms with Crippen molar-refractivity contribution < 1.29 is 37.8 Å². The zero-order valence-corrected chi connectivity index (χ0v) is 10.9. The molecule has 0 radical (unpaired) electrons. The predicted molar refractivity (Wildman–Crippen MR) is 56.6 cm³/mol. The van der Waals surface area contributed by atoms with E-state index in [-0.39, 0.29) is 13.2 Å². The van der Waals surface area contributed by atoms with Crippen LogP contribution in [0.25, 0.3) is 0 Å². The minimum atomic E-state index is -4.20. The Morgan fingerprint density at radius 3 is 1.56 bits per heavy atom. The molecule has 0 aromatic carbocycles. The van der Waals surface area contributed by atoms with Crippen molar-refractivity contribution in [2.75, 3.05) is 13.2 Å². The standard InChI is InChI=1S/C4H11O4P.C2H7O4P/c1-2-3-4-8-9(5,6)7;1-2-6-7(3,4)5/h2-4H2,1H3,(H2,5,6,7);2H2,1H3,(H2,3,4,5). The van der Waals surface area contributed by atoms with Crippen molar-refractivity contribution in [1.29, 1.82) is 0 Å². The predicted octanol–water partition coefficient (Wildman–Crippen LogP) is 1.01. The summed E-state index contributed by atoms with van der Waals surface area (Å²) in [5.74, 6) is 0. The molecule has 0 aliphatic carbocycles. The first-order valence-corrected chi connectivity index (χ1v) is 7.58. The molecule has 0 heterocycles. The van der Waals surface area contributed by atoms with Crippen LogP contribution in [0.5, 0.6) is 0 Å². The third-order valence-electron chi connectivity index (χ3n) is 1.05. The Hall–Kier alpha value is 0.220. The van der Waals surface area contributed by atoms with E-state index in [2.05, 4.69) is 9.05 Å². The van der Waals surface area contributed by atoms with E-state index < -0.39 is 15.6 Å². The Balaban J connectivity index is 0. The van der Waals surface area contributed by atoms with Crippen LogP contribution in [-0.4, -0.2) is 32.8 Å². The van der Waals surface area contributed by atoms with Gasteiger partial charge in [-0.1, -0.05) is 13.3 Å². The van der Waals surface area contributed by atoms with Crippen molar-refractivity contribution in [2.45, 2.75) is 26.7 Å². The summed E-state index contributed by atoms with van der Waals surface area (Å²) in [6.45, 7) is 3.62. The van der Waals surface area contributed by atoms with Crippen LogP contribution in [0.2, 0.25) is 0 Å². The molecule has 0 unspecified atom stereocenters. The highest BCUT2D eigenvalue weighted by Crippen LogP contribution is 2.35. The van der Waals surface area contributed by atoms with E-state index in [9.17, 15) is 9.13 Å². The van der Waals surface area contributed by atoms with E-state index in [1.54, 1.807) is 0 Å². The van der Waals surface area contributed by atoms with Gasteiger partial charge in [-0.3, -0.25) is 9.05 Å². The highest BCUT2D eigenvalue weighted by Gasteiger charge is 2.11. The second-order valence-electron chi connectivity index (χ2n) is 2.59. The molecule has 0 fully saturated rings. The van der Waals surface area contributed by atoms with Gasteiger partial charge in [-0.2, -0.15) is 0 Å². The lowest BCUT2D eigenvalue weighted by molar-refractivity contribution is 0.194. The van der Waals surface area contributed by atoms with Gasteiger partial charge in [0.1, 0.15) is 0 Å². The molecule has 0 saturated carbocycles. The molecular weight excluding hydrogens is 262 g/mol. The fraction of sp³-hybridized carbons (Fsp3) is 1.00. The molecule has 0 aliphatic rings. The molecule has 0 bridgehead atoms. The van der Waals surface area contributed by atoms with E-state index >= 15 is 0 Å². The Morgan fingerprint density at radius 1 is 0.938 bits per heavy atom.